The summed E-state index contributed by atoms with van der Waals surface area (Å²) in [6.07, 6.45) is 10.5. The maximum absolute atomic E-state index is 6.33. The monoisotopic (exact) mass is 309 g/mol. The SMILES string of the molecule is CC1CCC(OC2CCN(Cc3cnc(N)s3)CC2)CC1. The molecule has 0 radical (unpaired) electrons. The molecule has 0 bridgehead atoms. The fraction of sp³-hybridized carbons (Fsp3) is 0.812. The van der Waals surface area contributed by atoms with Gasteiger partial charge in [0.25, 0.3) is 0 Å². The van der Waals surface area contributed by atoms with Crippen LogP contribution in [0.5, 0.6) is 0 Å². The first kappa shape index (κ1) is 15.3. The van der Waals surface area contributed by atoms with Crippen LogP contribution in [0.3, 0.4) is 0 Å². The summed E-state index contributed by atoms with van der Waals surface area (Å²) in [7, 11) is 0. The molecular weight excluding hydrogens is 282 g/mol. The second kappa shape index (κ2) is 7.07. The third kappa shape index (κ3) is 4.41. The van der Waals surface area contributed by atoms with Crippen LogP contribution in [0.4, 0.5) is 5.13 Å². The van der Waals surface area contributed by atoms with Gasteiger partial charge in [-0.25, -0.2) is 4.98 Å². The number of likely N-dealkylation sites (tertiary alicyclic amines) is 1. The molecule has 2 aliphatic rings. The highest BCUT2D eigenvalue weighted by molar-refractivity contribution is 7.15. The first-order valence-corrected chi connectivity index (χ1v) is 9.08. The quantitative estimate of drug-likeness (QED) is 0.927. The number of thiazole rings is 1. The van der Waals surface area contributed by atoms with Gasteiger partial charge in [0.1, 0.15) is 0 Å². The van der Waals surface area contributed by atoms with Gasteiger partial charge in [-0.05, 0) is 44.4 Å². The van der Waals surface area contributed by atoms with Crippen molar-refractivity contribution >= 4 is 16.5 Å². The smallest absolute Gasteiger partial charge is 0.180 e. The van der Waals surface area contributed by atoms with Crippen LogP contribution in [0.2, 0.25) is 0 Å². The lowest BCUT2D eigenvalue weighted by Gasteiger charge is -2.35. The lowest BCUT2D eigenvalue weighted by Crippen LogP contribution is -2.38. The number of nitrogens with zero attached hydrogens (tertiary/aromatic N) is 2. The van der Waals surface area contributed by atoms with Crippen LogP contribution in [0, 0.1) is 5.92 Å². The molecule has 2 heterocycles. The zero-order chi connectivity index (χ0) is 14.7. The van der Waals surface area contributed by atoms with Crippen molar-refractivity contribution in [3.8, 4) is 0 Å². The molecule has 3 rings (SSSR count). The van der Waals surface area contributed by atoms with Crippen molar-refractivity contribution in [2.75, 3.05) is 18.8 Å². The van der Waals surface area contributed by atoms with Crippen molar-refractivity contribution in [2.45, 2.75) is 64.2 Å². The number of anilines is 1. The van der Waals surface area contributed by atoms with Gasteiger partial charge in [0.15, 0.2) is 5.13 Å². The Morgan fingerprint density at radius 1 is 1.19 bits per heavy atom. The van der Waals surface area contributed by atoms with E-state index in [4.69, 9.17) is 10.5 Å². The van der Waals surface area contributed by atoms with E-state index in [0.29, 0.717) is 17.3 Å². The second-order valence-electron chi connectivity index (χ2n) is 6.66. The van der Waals surface area contributed by atoms with Crippen LogP contribution in [0.1, 0.15) is 50.3 Å². The standard InChI is InChI=1S/C16H27N3OS/c1-12-2-4-13(5-3-12)20-14-6-8-19(9-7-14)11-15-10-18-16(17)21-15/h10,12-14H,2-9,11H2,1H3,(H2,17,18). The number of piperidine rings is 1. The van der Waals surface area contributed by atoms with Crippen LogP contribution >= 0.6 is 11.3 Å². The van der Waals surface area contributed by atoms with Gasteiger partial charge < -0.3 is 10.5 Å². The highest BCUT2D eigenvalue weighted by Crippen LogP contribution is 2.28. The van der Waals surface area contributed by atoms with Crippen LogP contribution in [0.25, 0.3) is 0 Å². The average molecular weight is 309 g/mol. The maximum atomic E-state index is 6.33. The number of nitrogens with two attached hydrogens (primary N) is 1. The summed E-state index contributed by atoms with van der Waals surface area (Å²) >= 11 is 1.60. The molecule has 0 atom stereocenters. The van der Waals surface area contributed by atoms with Gasteiger partial charge in [-0.15, -0.1) is 11.3 Å². The van der Waals surface area contributed by atoms with E-state index in [0.717, 1.165) is 25.6 Å². The minimum absolute atomic E-state index is 0.478. The largest absolute Gasteiger partial charge is 0.375 e. The normalized spacial score (nSPS) is 28.8. The Labute approximate surface area is 131 Å². The summed E-state index contributed by atoms with van der Waals surface area (Å²) in [5.74, 6) is 0.901. The van der Waals surface area contributed by atoms with Crippen LogP contribution in [-0.2, 0) is 11.3 Å². The van der Waals surface area contributed by atoms with Crippen molar-refractivity contribution in [1.29, 1.82) is 0 Å². The van der Waals surface area contributed by atoms with E-state index >= 15 is 0 Å². The first-order valence-electron chi connectivity index (χ1n) is 8.27. The van der Waals surface area contributed by atoms with E-state index in [1.54, 1.807) is 11.3 Å². The van der Waals surface area contributed by atoms with Gasteiger partial charge in [-0.3, -0.25) is 4.90 Å². The molecule has 1 aromatic rings. The molecule has 2 fully saturated rings. The fourth-order valence-corrected chi connectivity index (χ4v) is 4.18. The summed E-state index contributed by atoms with van der Waals surface area (Å²) in [4.78, 5) is 7.89. The van der Waals surface area contributed by atoms with Crippen molar-refractivity contribution in [2.24, 2.45) is 5.92 Å². The molecule has 1 aliphatic carbocycles. The molecule has 0 amide bonds. The number of aromatic nitrogens is 1. The molecule has 4 nitrogen and oxygen atoms in total. The van der Waals surface area contributed by atoms with E-state index in [1.165, 1.54) is 43.4 Å². The number of hydrogen-bond donors (Lipinski definition) is 1. The number of rotatable bonds is 4. The third-order valence-corrected chi connectivity index (χ3v) is 5.64. The predicted octanol–water partition coefficient (Wildman–Crippen LogP) is 3.29. The lowest BCUT2D eigenvalue weighted by molar-refractivity contribution is -0.0607. The molecule has 1 aliphatic heterocycles. The van der Waals surface area contributed by atoms with Crippen molar-refractivity contribution in [1.82, 2.24) is 9.88 Å². The van der Waals surface area contributed by atoms with E-state index in [-0.39, 0.29) is 0 Å². The number of ether oxygens (including phenoxy) is 1. The van der Waals surface area contributed by atoms with Gasteiger partial charge >= 0.3 is 0 Å². The molecule has 0 spiro atoms. The van der Waals surface area contributed by atoms with E-state index in [2.05, 4.69) is 16.8 Å². The molecule has 0 aromatic carbocycles. The third-order valence-electron chi connectivity index (χ3n) is 4.83. The van der Waals surface area contributed by atoms with Gasteiger partial charge in [0, 0.05) is 30.7 Å². The van der Waals surface area contributed by atoms with Gasteiger partial charge in [-0.2, -0.15) is 0 Å². The van der Waals surface area contributed by atoms with Crippen molar-refractivity contribution in [3.05, 3.63) is 11.1 Å². The van der Waals surface area contributed by atoms with Crippen LogP contribution in [-0.4, -0.2) is 35.2 Å². The molecule has 1 saturated carbocycles. The summed E-state index contributed by atoms with van der Waals surface area (Å²) in [6, 6.07) is 0. The minimum Gasteiger partial charge on any atom is -0.375 e. The summed E-state index contributed by atoms with van der Waals surface area (Å²) in [5.41, 5.74) is 5.69. The first-order chi connectivity index (χ1) is 10.2. The lowest BCUT2D eigenvalue weighted by atomic mass is 9.88. The topological polar surface area (TPSA) is 51.4 Å². The van der Waals surface area contributed by atoms with E-state index in [9.17, 15) is 0 Å². The Morgan fingerprint density at radius 2 is 1.86 bits per heavy atom. The highest BCUT2D eigenvalue weighted by Gasteiger charge is 2.25. The molecule has 1 saturated heterocycles. The molecule has 5 heteroatoms. The fourth-order valence-electron chi connectivity index (χ4n) is 3.46. The van der Waals surface area contributed by atoms with Crippen LogP contribution < -0.4 is 5.73 Å². The van der Waals surface area contributed by atoms with Gasteiger partial charge in [0.2, 0.25) is 0 Å². The predicted molar refractivity (Wildman–Crippen MR) is 87.3 cm³/mol. The molecular formula is C16H27N3OS. The highest BCUT2D eigenvalue weighted by atomic mass is 32.1. The Hall–Kier alpha value is -0.650. The van der Waals surface area contributed by atoms with Crippen molar-refractivity contribution in [3.63, 3.8) is 0 Å². The summed E-state index contributed by atoms with van der Waals surface area (Å²) in [6.45, 7) is 5.61. The Balaban J connectivity index is 1.38. The average Bonchev–Trinajstić information content (AvgIpc) is 2.89. The van der Waals surface area contributed by atoms with Gasteiger partial charge in [-0.1, -0.05) is 6.92 Å². The minimum atomic E-state index is 0.478. The van der Waals surface area contributed by atoms with Crippen LogP contribution in [0.15, 0.2) is 6.20 Å². The molecule has 1 aromatic heterocycles. The van der Waals surface area contributed by atoms with E-state index < -0.39 is 0 Å². The van der Waals surface area contributed by atoms with Gasteiger partial charge in [0.05, 0.1) is 12.2 Å². The Morgan fingerprint density at radius 3 is 2.48 bits per heavy atom. The zero-order valence-corrected chi connectivity index (χ0v) is 13.8. The number of hydrogen-bond acceptors (Lipinski definition) is 5. The number of nitrogen functional groups attached to an aromatic ring is 1. The zero-order valence-electron chi connectivity index (χ0n) is 13.0. The molecule has 0 unspecified atom stereocenters. The molecule has 21 heavy (non-hydrogen) atoms. The summed E-state index contributed by atoms with van der Waals surface area (Å²) in [5, 5.41) is 0.676. The molecule has 2 N–H and O–H groups in total. The summed E-state index contributed by atoms with van der Waals surface area (Å²) < 4.78 is 6.33. The molecule has 118 valence electrons. The Kier molecular flexibility index (Phi) is 5.14. The van der Waals surface area contributed by atoms with Crippen molar-refractivity contribution < 1.29 is 4.74 Å². The Bertz CT molecular complexity index is 434. The van der Waals surface area contributed by atoms with E-state index in [1.807, 2.05) is 6.20 Å². The second-order valence-corrected chi connectivity index (χ2v) is 7.81. The maximum Gasteiger partial charge on any atom is 0.180 e.